The summed E-state index contributed by atoms with van der Waals surface area (Å²) in [5.41, 5.74) is 2.26. The van der Waals surface area contributed by atoms with Crippen molar-refractivity contribution in [2.24, 2.45) is 0 Å². The van der Waals surface area contributed by atoms with Crippen LogP contribution in [0.15, 0.2) is 52.9 Å². The van der Waals surface area contributed by atoms with Gasteiger partial charge in [-0.1, -0.05) is 24.3 Å². The summed E-state index contributed by atoms with van der Waals surface area (Å²) >= 11 is 0. The molecular formula is C21H21NO5. The summed E-state index contributed by atoms with van der Waals surface area (Å²) < 4.78 is 21.5. The number of ether oxygens (including phenoxy) is 3. The van der Waals surface area contributed by atoms with Gasteiger partial charge in [-0.15, -0.1) is 0 Å². The highest BCUT2D eigenvalue weighted by molar-refractivity contribution is 5.73. The van der Waals surface area contributed by atoms with Gasteiger partial charge in [0, 0.05) is 5.56 Å². The van der Waals surface area contributed by atoms with E-state index in [1.165, 1.54) is 0 Å². The molecule has 6 heteroatoms. The number of nitrogens with zero attached hydrogens (tertiary/aromatic N) is 1. The van der Waals surface area contributed by atoms with Gasteiger partial charge in [0.1, 0.15) is 18.1 Å². The number of rotatable bonds is 7. The predicted molar refractivity (Wildman–Crippen MR) is 99.7 cm³/mol. The molecule has 0 fully saturated rings. The van der Waals surface area contributed by atoms with Crippen molar-refractivity contribution in [3.05, 3.63) is 65.5 Å². The molecule has 27 heavy (non-hydrogen) atoms. The highest BCUT2D eigenvalue weighted by Gasteiger charge is 2.14. The van der Waals surface area contributed by atoms with Crippen molar-refractivity contribution in [3.8, 4) is 23.0 Å². The molecular weight excluding hydrogens is 346 g/mol. The number of esters is 1. The summed E-state index contributed by atoms with van der Waals surface area (Å²) in [6.07, 6.45) is 0.128. The first kappa shape index (κ1) is 18.5. The minimum Gasteiger partial charge on any atom is -0.493 e. The average Bonchev–Trinajstić information content (AvgIpc) is 3.07. The number of aromatic nitrogens is 1. The first-order chi connectivity index (χ1) is 13.1. The van der Waals surface area contributed by atoms with Gasteiger partial charge >= 0.3 is 5.97 Å². The van der Waals surface area contributed by atoms with Gasteiger partial charge in [0.25, 0.3) is 0 Å². The lowest BCUT2D eigenvalue weighted by molar-refractivity contribution is -0.144. The molecule has 0 radical (unpaired) electrons. The topological polar surface area (TPSA) is 70.8 Å². The Morgan fingerprint density at radius 3 is 2.48 bits per heavy atom. The second-order valence-electron chi connectivity index (χ2n) is 5.91. The quantitative estimate of drug-likeness (QED) is 0.589. The smallest absolute Gasteiger partial charge is 0.310 e. The largest absolute Gasteiger partial charge is 0.493 e. The van der Waals surface area contributed by atoms with Gasteiger partial charge in [-0.25, -0.2) is 4.98 Å². The van der Waals surface area contributed by atoms with E-state index in [2.05, 4.69) is 4.98 Å². The third-order valence-corrected chi connectivity index (χ3v) is 4.08. The highest BCUT2D eigenvalue weighted by Crippen LogP contribution is 2.28. The minimum atomic E-state index is -0.356. The molecule has 1 heterocycles. The summed E-state index contributed by atoms with van der Waals surface area (Å²) in [5.74, 6) is 1.97. The molecule has 3 rings (SSSR count). The van der Waals surface area contributed by atoms with E-state index in [4.69, 9.17) is 18.6 Å². The van der Waals surface area contributed by atoms with Gasteiger partial charge in [0.05, 0.1) is 20.6 Å². The minimum absolute atomic E-state index is 0.0638. The van der Waals surface area contributed by atoms with Crippen LogP contribution in [-0.4, -0.2) is 25.2 Å². The fourth-order valence-corrected chi connectivity index (χ4v) is 2.62. The molecule has 0 N–H and O–H groups in total. The molecule has 0 saturated heterocycles. The maximum absolute atomic E-state index is 12.2. The van der Waals surface area contributed by atoms with Crippen LogP contribution in [0.4, 0.5) is 0 Å². The average molecular weight is 367 g/mol. The Hall–Kier alpha value is -3.28. The third kappa shape index (κ3) is 4.47. The standard InChI is InChI=1S/C21H21NO5/c1-14-17(22-21(27-14)16-7-5-4-6-8-16)13-26-20(23)12-15-9-10-18(24-2)19(11-15)25-3/h4-11H,12-13H2,1-3H3. The molecule has 0 amide bonds. The van der Waals surface area contributed by atoms with Crippen LogP contribution in [0.2, 0.25) is 0 Å². The molecule has 1 aromatic heterocycles. The number of benzene rings is 2. The van der Waals surface area contributed by atoms with E-state index in [1.54, 1.807) is 39.3 Å². The van der Waals surface area contributed by atoms with E-state index in [9.17, 15) is 4.79 Å². The zero-order chi connectivity index (χ0) is 19.2. The Morgan fingerprint density at radius 2 is 1.78 bits per heavy atom. The van der Waals surface area contributed by atoms with Crippen molar-refractivity contribution >= 4 is 5.97 Å². The Kier molecular flexibility index (Phi) is 5.76. The Balaban J connectivity index is 1.62. The number of hydrogen-bond acceptors (Lipinski definition) is 6. The fourth-order valence-electron chi connectivity index (χ4n) is 2.62. The Labute approximate surface area is 157 Å². The van der Waals surface area contributed by atoms with E-state index < -0.39 is 0 Å². The first-order valence-electron chi connectivity index (χ1n) is 8.49. The number of oxazole rings is 1. The molecule has 0 unspecified atom stereocenters. The zero-order valence-corrected chi connectivity index (χ0v) is 15.5. The molecule has 3 aromatic rings. The number of carbonyl (C=O) groups excluding carboxylic acids is 1. The lowest BCUT2D eigenvalue weighted by atomic mass is 10.1. The lowest BCUT2D eigenvalue weighted by Gasteiger charge is -2.09. The van der Waals surface area contributed by atoms with Crippen molar-refractivity contribution in [1.29, 1.82) is 0 Å². The summed E-state index contributed by atoms with van der Waals surface area (Å²) in [7, 11) is 3.12. The van der Waals surface area contributed by atoms with Crippen molar-refractivity contribution < 1.29 is 23.4 Å². The van der Waals surface area contributed by atoms with Gasteiger partial charge < -0.3 is 18.6 Å². The van der Waals surface area contributed by atoms with Crippen molar-refractivity contribution in [3.63, 3.8) is 0 Å². The predicted octanol–water partition coefficient (Wildman–Crippen LogP) is 3.95. The summed E-state index contributed by atoms with van der Waals surface area (Å²) in [6.45, 7) is 1.87. The monoisotopic (exact) mass is 367 g/mol. The van der Waals surface area contributed by atoms with Gasteiger partial charge in [-0.2, -0.15) is 0 Å². The molecule has 2 aromatic carbocycles. The molecule has 0 aliphatic rings. The normalized spacial score (nSPS) is 10.5. The van der Waals surface area contributed by atoms with Gasteiger partial charge in [-0.05, 0) is 36.8 Å². The number of aryl methyl sites for hydroxylation is 1. The van der Waals surface area contributed by atoms with Crippen LogP contribution >= 0.6 is 0 Å². The highest BCUT2D eigenvalue weighted by atomic mass is 16.5. The molecule has 0 bridgehead atoms. The van der Waals surface area contributed by atoms with Crippen LogP contribution < -0.4 is 9.47 Å². The maximum Gasteiger partial charge on any atom is 0.310 e. The zero-order valence-electron chi connectivity index (χ0n) is 15.5. The number of carbonyl (C=O) groups is 1. The lowest BCUT2D eigenvalue weighted by Crippen LogP contribution is -2.09. The van der Waals surface area contributed by atoms with E-state index in [0.717, 1.165) is 11.1 Å². The number of hydrogen-bond donors (Lipinski definition) is 0. The van der Waals surface area contributed by atoms with Gasteiger partial charge in [0.2, 0.25) is 5.89 Å². The first-order valence-corrected chi connectivity index (χ1v) is 8.49. The van der Waals surface area contributed by atoms with Gasteiger partial charge in [0.15, 0.2) is 11.5 Å². The van der Waals surface area contributed by atoms with E-state index in [1.807, 2.05) is 30.3 Å². The third-order valence-electron chi connectivity index (χ3n) is 4.08. The van der Waals surface area contributed by atoms with Crippen LogP contribution in [0.1, 0.15) is 17.0 Å². The van der Waals surface area contributed by atoms with Crippen molar-refractivity contribution in [2.45, 2.75) is 20.0 Å². The second kappa shape index (κ2) is 8.40. The van der Waals surface area contributed by atoms with E-state index in [-0.39, 0.29) is 19.0 Å². The number of methoxy groups -OCH3 is 2. The van der Waals surface area contributed by atoms with E-state index in [0.29, 0.717) is 28.8 Å². The molecule has 0 atom stereocenters. The van der Waals surface area contributed by atoms with Crippen molar-refractivity contribution in [1.82, 2.24) is 4.98 Å². The maximum atomic E-state index is 12.2. The SMILES string of the molecule is COc1ccc(CC(=O)OCc2nc(-c3ccccc3)oc2C)cc1OC. The molecule has 0 spiro atoms. The summed E-state index contributed by atoms with van der Waals surface area (Å²) in [6, 6.07) is 14.9. The fraction of sp³-hybridized carbons (Fsp3) is 0.238. The van der Waals surface area contributed by atoms with Crippen LogP contribution in [0.3, 0.4) is 0 Å². The molecule has 0 saturated carbocycles. The second-order valence-corrected chi connectivity index (χ2v) is 5.91. The van der Waals surface area contributed by atoms with Crippen LogP contribution in [0.5, 0.6) is 11.5 Å². The Bertz CT molecular complexity index is 918. The van der Waals surface area contributed by atoms with Gasteiger partial charge in [-0.3, -0.25) is 4.79 Å². The van der Waals surface area contributed by atoms with Crippen LogP contribution in [0, 0.1) is 6.92 Å². The summed E-state index contributed by atoms with van der Waals surface area (Å²) in [5, 5.41) is 0. The molecule has 140 valence electrons. The van der Waals surface area contributed by atoms with Crippen LogP contribution in [0.25, 0.3) is 11.5 Å². The van der Waals surface area contributed by atoms with Crippen molar-refractivity contribution in [2.75, 3.05) is 14.2 Å². The Morgan fingerprint density at radius 1 is 1.04 bits per heavy atom. The molecule has 0 aliphatic carbocycles. The van der Waals surface area contributed by atoms with Crippen LogP contribution in [-0.2, 0) is 22.6 Å². The van der Waals surface area contributed by atoms with E-state index >= 15 is 0 Å². The molecule has 0 aliphatic heterocycles. The summed E-state index contributed by atoms with van der Waals surface area (Å²) in [4.78, 5) is 16.6. The molecule has 6 nitrogen and oxygen atoms in total.